The number of ketones is 1. The van der Waals surface area contributed by atoms with Crippen LogP contribution in [0, 0.1) is 0 Å². The lowest BCUT2D eigenvalue weighted by molar-refractivity contribution is -0.139. The molecular formula is C22H29N3O7. The van der Waals surface area contributed by atoms with E-state index in [1.807, 2.05) is 20.8 Å². The molecule has 4 N–H and O–H groups in total. The lowest BCUT2D eigenvalue weighted by Gasteiger charge is -2.24. The van der Waals surface area contributed by atoms with Gasteiger partial charge in [0.2, 0.25) is 5.91 Å². The van der Waals surface area contributed by atoms with E-state index in [9.17, 15) is 28.8 Å². The van der Waals surface area contributed by atoms with Crippen LogP contribution in [-0.2, 0) is 40.6 Å². The first-order chi connectivity index (χ1) is 14.7. The molecule has 2 atom stereocenters. The molecule has 0 aromatic heterocycles. The Kier molecular flexibility index (Phi) is 9.24. The number of nitrogens with one attached hydrogen (secondary N) is 3. The minimum absolute atomic E-state index is 0.0557. The number of anilines is 1. The van der Waals surface area contributed by atoms with Gasteiger partial charge in [-0.2, -0.15) is 0 Å². The maximum atomic E-state index is 12.5. The van der Waals surface area contributed by atoms with Gasteiger partial charge in [0, 0.05) is 12.1 Å². The third-order valence-corrected chi connectivity index (χ3v) is 4.43. The summed E-state index contributed by atoms with van der Waals surface area (Å²) >= 11 is 0. The van der Waals surface area contributed by atoms with Crippen molar-refractivity contribution in [2.75, 3.05) is 5.32 Å². The Morgan fingerprint density at radius 1 is 1.06 bits per heavy atom. The third-order valence-electron chi connectivity index (χ3n) is 4.43. The number of Topliss-reactive ketones (excluding diaryl/α,β-unsaturated/α-hetero) is 1. The van der Waals surface area contributed by atoms with Gasteiger partial charge in [-0.15, -0.1) is 0 Å². The summed E-state index contributed by atoms with van der Waals surface area (Å²) in [5, 5.41) is 15.6. The number of aldehydes is 1. The number of carbonyl (C=O) groups is 6. The number of carboxylic acids is 1. The van der Waals surface area contributed by atoms with Crippen LogP contribution in [0.15, 0.2) is 18.2 Å². The number of rotatable bonds is 9. The van der Waals surface area contributed by atoms with E-state index in [-0.39, 0.29) is 23.9 Å². The van der Waals surface area contributed by atoms with E-state index in [4.69, 9.17) is 5.11 Å². The van der Waals surface area contributed by atoms with Crippen molar-refractivity contribution < 1.29 is 33.9 Å². The van der Waals surface area contributed by atoms with Gasteiger partial charge in [-0.3, -0.25) is 24.0 Å². The molecule has 0 heterocycles. The van der Waals surface area contributed by atoms with Gasteiger partial charge in [0.25, 0.3) is 0 Å². The zero-order valence-corrected chi connectivity index (χ0v) is 18.8. The average molecular weight is 447 g/mol. The summed E-state index contributed by atoms with van der Waals surface area (Å²) in [6, 6.07) is 2.74. The molecule has 174 valence electrons. The normalized spacial score (nSPS) is 12.8. The topological polar surface area (TPSA) is 159 Å². The van der Waals surface area contributed by atoms with E-state index in [1.165, 1.54) is 13.8 Å². The molecule has 10 nitrogen and oxygen atoms in total. The quantitative estimate of drug-likeness (QED) is 0.320. The minimum Gasteiger partial charge on any atom is -0.481 e. The molecule has 1 rings (SSSR count). The van der Waals surface area contributed by atoms with Gasteiger partial charge in [-0.25, -0.2) is 0 Å². The van der Waals surface area contributed by atoms with Gasteiger partial charge in [0.05, 0.1) is 12.5 Å². The van der Waals surface area contributed by atoms with Gasteiger partial charge in [0.15, 0.2) is 0 Å². The standard InChI is InChI=1S/C22H29N3O7/c1-12(27)8-14-6-7-16(22(3,4)5)17(9-14)25-21(32)20(31)23-13(2)19(30)24-15(11-26)10-18(28)29/h6-7,9,11,13,15H,8,10H2,1-5H3,(H,23,31)(H,24,30)(H,25,32)(H,28,29)/t13-,15-/m0/s1. The van der Waals surface area contributed by atoms with E-state index in [2.05, 4.69) is 16.0 Å². The predicted octanol–water partition coefficient (Wildman–Crippen LogP) is 0.717. The van der Waals surface area contributed by atoms with Crippen LogP contribution in [0.1, 0.15) is 52.2 Å². The number of amides is 3. The van der Waals surface area contributed by atoms with Crippen LogP contribution in [0.3, 0.4) is 0 Å². The van der Waals surface area contributed by atoms with Crippen molar-refractivity contribution in [2.45, 2.75) is 65.0 Å². The first kappa shape index (κ1) is 26.5. The maximum Gasteiger partial charge on any atom is 0.313 e. The van der Waals surface area contributed by atoms with Crippen LogP contribution in [0.25, 0.3) is 0 Å². The van der Waals surface area contributed by atoms with E-state index in [1.54, 1.807) is 18.2 Å². The molecule has 0 aliphatic heterocycles. The van der Waals surface area contributed by atoms with Gasteiger partial charge >= 0.3 is 17.8 Å². The summed E-state index contributed by atoms with van der Waals surface area (Å²) in [6.45, 7) is 8.51. The van der Waals surface area contributed by atoms with Crippen molar-refractivity contribution in [3.63, 3.8) is 0 Å². The second-order valence-electron chi connectivity index (χ2n) is 8.51. The zero-order chi connectivity index (χ0) is 24.6. The molecule has 0 aliphatic carbocycles. The van der Waals surface area contributed by atoms with E-state index in [0.29, 0.717) is 11.3 Å². The molecule has 32 heavy (non-hydrogen) atoms. The lowest BCUT2D eigenvalue weighted by atomic mass is 9.85. The molecule has 0 aliphatic rings. The Balaban J connectivity index is 2.91. The molecule has 0 spiro atoms. The molecule has 0 bridgehead atoms. The van der Waals surface area contributed by atoms with E-state index >= 15 is 0 Å². The van der Waals surface area contributed by atoms with Crippen LogP contribution in [0.2, 0.25) is 0 Å². The van der Waals surface area contributed by atoms with E-state index < -0.39 is 42.2 Å². The number of carbonyl (C=O) groups excluding carboxylic acids is 5. The summed E-state index contributed by atoms with van der Waals surface area (Å²) in [6.07, 6.45) is -0.164. The van der Waals surface area contributed by atoms with Crippen molar-refractivity contribution in [2.24, 2.45) is 0 Å². The fourth-order valence-electron chi connectivity index (χ4n) is 2.88. The Labute approximate surface area is 186 Å². The predicted molar refractivity (Wildman–Crippen MR) is 116 cm³/mol. The monoisotopic (exact) mass is 447 g/mol. The molecular weight excluding hydrogens is 418 g/mol. The summed E-state index contributed by atoms with van der Waals surface area (Å²) in [5.74, 6) is -4.26. The second-order valence-corrected chi connectivity index (χ2v) is 8.51. The lowest BCUT2D eigenvalue weighted by Crippen LogP contribution is -2.51. The molecule has 0 saturated carbocycles. The largest absolute Gasteiger partial charge is 0.481 e. The molecule has 0 saturated heterocycles. The highest BCUT2D eigenvalue weighted by atomic mass is 16.4. The van der Waals surface area contributed by atoms with Gasteiger partial charge in [-0.1, -0.05) is 32.9 Å². The Morgan fingerprint density at radius 3 is 2.19 bits per heavy atom. The number of hydrogen-bond acceptors (Lipinski definition) is 6. The van der Waals surface area contributed by atoms with Gasteiger partial charge in [0.1, 0.15) is 18.1 Å². The number of carboxylic acid groups (broad SMARTS) is 1. The second kappa shape index (κ2) is 11.2. The molecule has 3 amide bonds. The highest BCUT2D eigenvalue weighted by Gasteiger charge is 2.25. The minimum atomic E-state index is -1.28. The molecule has 0 radical (unpaired) electrons. The fourth-order valence-corrected chi connectivity index (χ4v) is 2.88. The summed E-state index contributed by atoms with van der Waals surface area (Å²) in [5.41, 5.74) is 1.43. The smallest absolute Gasteiger partial charge is 0.313 e. The van der Waals surface area contributed by atoms with Crippen LogP contribution in [-0.4, -0.2) is 53.0 Å². The van der Waals surface area contributed by atoms with Crippen LogP contribution >= 0.6 is 0 Å². The van der Waals surface area contributed by atoms with Crippen molar-refractivity contribution >= 4 is 41.4 Å². The first-order valence-corrected chi connectivity index (χ1v) is 9.96. The van der Waals surface area contributed by atoms with Crippen LogP contribution in [0.5, 0.6) is 0 Å². The summed E-state index contributed by atoms with van der Waals surface area (Å²) in [4.78, 5) is 69.9. The summed E-state index contributed by atoms with van der Waals surface area (Å²) < 4.78 is 0. The summed E-state index contributed by atoms with van der Waals surface area (Å²) in [7, 11) is 0. The van der Waals surface area contributed by atoms with Gasteiger partial charge < -0.3 is 25.9 Å². The highest BCUT2D eigenvalue weighted by Crippen LogP contribution is 2.30. The maximum absolute atomic E-state index is 12.5. The highest BCUT2D eigenvalue weighted by molar-refractivity contribution is 6.40. The SMILES string of the molecule is CC(=O)Cc1ccc(C(C)(C)C)c(NC(=O)C(=O)N[C@@H](C)C(=O)N[C@H](C=O)CC(=O)O)c1. The van der Waals surface area contributed by atoms with Crippen molar-refractivity contribution in [1.82, 2.24) is 10.6 Å². The molecule has 1 aromatic carbocycles. The molecule has 0 fully saturated rings. The fraction of sp³-hybridized carbons (Fsp3) is 0.455. The Bertz CT molecular complexity index is 919. The third kappa shape index (κ3) is 8.29. The van der Waals surface area contributed by atoms with Crippen molar-refractivity contribution in [3.8, 4) is 0 Å². The molecule has 0 unspecified atom stereocenters. The Morgan fingerprint density at radius 2 is 1.69 bits per heavy atom. The van der Waals surface area contributed by atoms with Crippen molar-refractivity contribution in [3.05, 3.63) is 29.3 Å². The number of aliphatic carboxylic acids is 1. The van der Waals surface area contributed by atoms with Gasteiger partial charge in [-0.05, 0) is 36.5 Å². The molecule has 10 heteroatoms. The van der Waals surface area contributed by atoms with Crippen LogP contribution < -0.4 is 16.0 Å². The average Bonchev–Trinajstić information content (AvgIpc) is 2.65. The first-order valence-electron chi connectivity index (χ1n) is 9.96. The van der Waals surface area contributed by atoms with E-state index in [0.717, 1.165) is 5.56 Å². The number of hydrogen-bond donors (Lipinski definition) is 4. The number of benzene rings is 1. The van der Waals surface area contributed by atoms with Crippen LogP contribution in [0.4, 0.5) is 5.69 Å². The zero-order valence-electron chi connectivity index (χ0n) is 18.8. The van der Waals surface area contributed by atoms with Crippen molar-refractivity contribution in [1.29, 1.82) is 0 Å². The molecule has 1 aromatic rings. The Hall–Kier alpha value is -3.56.